The maximum absolute atomic E-state index is 11.6. The molecule has 2 rings (SSSR count). The summed E-state index contributed by atoms with van der Waals surface area (Å²) in [5.41, 5.74) is 0. The van der Waals surface area contributed by atoms with Crippen LogP contribution in [-0.4, -0.2) is 15.5 Å². The van der Waals surface area contributed by atoms with Crippen LogP contribution in [0.4, 0.5) is 5.00 Å². The largest absolute Gasteiger partial charge is 0.310 e. The lowest BCUT2D eigenvalue weighted by molar-refractivity contribution is 0.103. The molecule has 0 atom stereocenters. The minimum atomic E-state index is -0.103. The molecule has 1 N–H and O–H groups in total. The van der Waals surface area contributed by atoms with Gasteiger partial charge in [-0.05, 0) is 19.1 Å². The van der Waals surface area contributed by atoms with Crippen molar-refractivity contribution >= 4 is 33.8 Å². The summed E-state index contributed by atoms with van der Waals surface area (Å²) < 4.78 is 3.65. The molecule has 72 valence electrons. The molecule has 0 unspecified atom stereocenters. The van der Waals surface area contributed by atoms with Crippen LogP contribution in [0.1, 0.15) is 14.5 Å². The second kappa shape index (κ2) is 3.85. The van der Waals surface area contributed by atoms with Crippen LogP contribution in [0.15, 0.2) is 18.3 Å². The van der Waals surface area contributed by atoms with E-state index in [1.807, 2.05) is 19.1 Å². The summed E-state index contributed by atoms with van der Waals surface area (Å²) in [5, 5.41) is 7.02. The highest BCUT2D eigenvalue weighted by Gasteiger charge is 2.08. The number of hydrogen-bond acceptors (Lipinski definition) is 5. The zero-order chi connectivity index (χ0) is 9.97. The Morgan fingerprint density at radius 1 is 1.50 bits per heavy atom. The van der Waals surface area contributed by atoms with Crippen LogP contribution in [0.2, 0.25) is 0 Å². The highest BCUT2D eigenvalue weighted by Crippen LogP contribution is 2.17. The number of hydrogen-bond donors (Lipinski definition) is 1. The summed E-state index contributed by atoms with van der Waals surface area (Å²) in [6, 6.07) is 3.73. The Morgan fingerprint density at radius 3 is 2.93 bits per heavy atom. The lowest BCUT2D eigenvalue weighted by Gasteiger charge is -1.96. The number of nitrogens with one attached hydrogen (secondary N) is 1. The summed E-state index contributed by atoms with van der Waals surface area (Å²) in [6.07, 6.45) is 1.53. The van der Waals surface area contributed by atoms with Gasteiger partial charge in [0.2, 0.25) is 0 Å². The van der Waals surface area contributed by atoms with Gasteiger partial charge < -0.3 is 5.32 Å². The SMILES string of the molecule is Cc1ccc(C(=O)Nc2cnns2)s1. The van der Waals surface area contributed by atoms with Gasteiger partial charge in [-0.3, -0.25) is 4.79 Å². The Kier molecular flexibility index (Phi) is 2.55. The van der Waals surface area contributed by atoms with E-state index in [2.05, 4.69) is 14.9 Å². The predicted molar refractivity (Wildman–Crippen MR) is 56.9 cm³/mol. The van der Waals surface area contributed by atoms with Crippen molar-refractivity contribution in [1.29, 1.82) is 0 Å². The standard InChI is InChI=1S/C8H7N3OS2/c1-5-2-3-6(13-5)8(12)10-7-4-9-11-14-7/h2-4H,1H3,(H,10,12). The summed E-state index contributed by atoms with van der Waals surface area (Å²) >= 11 is 2.63. The third kappa shape index (κ3) is 1.97. The first kappa shape index (κ1) is 9.29. The van der Waals surface area contributed by atoms with Gasteiger partial charge in [0.1, 0.15) is 5.00 Å². The molecule has 6 heteroatoms. The molecule has 0 aliphatic heterocycles. The van der Waals surface area contributed by atoms with Crippen LogP contribution < -0.4 is 5.32 Å². The average molecular weight is 225 g/mol. The van der Waals surface area contributed by atoms with E-state index >= 15 is 0 Å². The van der Waals surface area contributed by atoms with Crippen molar-refractivity contribution in [2.24, 2.45) is 0 Å². The van der Waals surface area contributed by atoms with Crippen molar-refractivity contribution in [2.75, 3.05) is 5.32 Å². The van der Waals surface area contributed by atoms with E-state index in [1.165, 1.54) is 17.5 Å². The Bertz CT molecular complexity index is 435. The van der Waals surface area contributed by atoms with Gasteiger partial charge in [-0.2, -0.15) is 0 Å². The summed E-state index contributed by atoms with van der Waals surface area (Å²) in [6.45, 7) is 1.97. The highest BCUT2D eigenvalue weighted by molar-refractivity contribution is 7.14. The number of nitrogens with zero attached hydrogens (tertiary/aromatic N) is 2. The minimum Gasteiger partial charge on any atom is -0.310 e. The van der Waals surface area contributed by atoms with Gasteiger partial charge in [-0.15, -0.1) is 16.4 Å². The van der Waals surface area contributed by atoms with Crippen molar-refractivity contribution < 1.29 is 4.79 Å². The molecule has 0 spiro atoms. The lowest BCUT2D eigenvalue weighted by atomic mass is 10.4. The first-order valence-electron chi connectivity index (χ1n) is 3.91. The van der Waals surface area contributed by atoms with Crippen molar-refractivity contribution in [2.45, 2.75) is 6.92 Å². The number of carbonyl (C=O) groups excluding carboxylic acids is 1. The number of carbonyl (C=O) groups is 1. The number of anilines is 1. The van der Waals surface area contributed by atoms with E-state index in [0.29, 0.717) is 9.88 Å². The number of thiophene rings is 1. The molecule has 14 heavy (non-hydrogen) atoms. The molecule has 0 aromatic carbocycles. The van der Waals surface area contributed by atoms with E-state index in [0.717, 1.165) is 16.4 Å². The van der Waals surface area contributed by atoms with Gasteiger partial charge in [0.15, 0.2) is 0 Å². The maximum atomic E-state index is 11.6. The fourth-order valence-corrected chi connectivity index (χ4v) is 2.13. The molecule has 0 aliphatic carbocycles. The third-order valence-electron chi connectivity index (χ3n) is 1.56. The Hall–Kier alpha value is -1.27. The molecule has 0 aliphatic rings. The monoisotopic (exact) mass is 225 g/mol. The quantitative estimate of drug-likeness (QED) is 0.852. The topological polar surface area (TPSA) is 54.9 Å². The van der Waals surface area contributed by atoms with Crippen LogP contribution in [0.25, 0.3) is 0 Å². The molecule has 0 saturated carbocycles. The molecular formula is C8H7N3OS2. The zero-order valence-electron chi connectivity index (χ0n) is 7.35. The average Bonchev–Trinajstić information content (AvgIpc) is 2.75. The van der Waals surface area contributed by atoms with E-state index in [-0.39, 0.29) is 5.91 Å². The lowest BCUT2D eigenvalue weighted by Crippen LogP contribution is -2.08. The molecule has 0 fully saturated rings. The van der Waals surface area contributed by atoms with Crippen LogP contribution in [0.3, 0.4) is 0 Å². The van der Waals surface area contributed by atoms with E-state index in [1.54, 1.807) is 0 Å². The Balaban J connectivity index is 2.10. The first-order valence-corrected chi connectivity index (χ1v) is 5.50. The molecule has 2 aromatic heterocycles. The van der Waals surface area contributed by atoms with Crippen LogP contribution >= 0.6 is 22.9 Å². The number of amides is 1. The fraction of sp³-hybridized carbons (Fsp3) is 0.125. The van der Waals surface area contributed by atoms with E-state index < -0.39 is 0 Å². The highest BCUT2D eigenvalue weighted by atomic mass is 32.1. The molecule has 0 saturated heterocycles. The summed E-state index contributed by atoms with van der Waals surface area (Å²) in [7, 11) is 0. The Labute approximate surface area is 88.8 Å². The van der Waals surface area contributed by atoms with Crippen molar-refractivity contribution in [3.05, 3.63) is 28.1 Å². The minimum absolute atomic E-state index is 0.103. The molecule has 0 radical (unpaired) electrons. The van der Waals surface area contributed by atoms with E-state index in [4.69, 9.17) is 0 Å². The maximum Gasteiger partial charge on any atom is 0.266 e. The first-order chi connectivity index (χ1) is 6.75. The van der Waals surface area contributed by atoms with Crippen molar-refractivity contribution in [3.63, 3.8) is 0 Å². The smallest absolute Gasteiger partial charge is 0.266 e. The molecule has 0 bridgehead atoms. The molecule has 1 amide bonds. The number of aromatic nitrogens is 2. The number of aryl methyl sites for hydroxylation is 1. The summed E-state index contributed by atoms with van der Waals surface area (Å²) in [5.74, 6) is -0.103. The third-order valence-corrected chi connectivity index (χ3v) is 3.14. The van der Waals surface area contributed by atoms with Gasteiger partial charge in [0, 0.05) is 16.4 Å². The second-order valence-corrected chi connectivity index (χ2v) is 4.72. The predicted octanol–water partition coefficient (Wildman–Crippen LogP) is 2.16. The van der Waals surface area contributed by atoms with Gasteiger partial charge in [0.25, 0.3) is 5.91 Å². The summed E-state index contributed by atoms with van der Waals surface area (Å²) in [4.78, 5) is 13.4. The van der Waals surface area contributed by atoms with Crippen LogP contribution in [0.5, 0.6) is 0 Å². The normalized spacial score (nSPS) is 10.1. The van der Waals surface area contributed by atoms with Crippen LogP contribution in [0, 0.1) is 6.92 Å². The zero-order valence-corrected chi connectivity index (χ0v) is 8.98. The molecule has 2 aromatic rings. The van der Waals surface area contributed by atoms with Crippen molar-refractivity contribution in [3.8, 4) is 0 Å². The second-order valence-electron chi connectivity index (χ2n) is 2.65. The molecule has 2 heterocycles. The molecule has 4 nitrogen and oxygen atoms in total. The van der Waals surface area contributed by atoms with Gasteiger partial charge in [-0.25, -0.2) is 0 Å². The number of rotatable bonds is 2. The van der Waals surface area contributed by atoms with Gasteiger partial charge in [0.05, 0.1) is 11.1 Å². The van der Waals surface area contributed by atoms with Gasteiger partial charge >= 0.3 is 0 Å². The van der Waals surface area contributed by atoms with Crippen molar-refractivity contribution in [1.82, 2.24) is 9.59 Å². The van der Waals surface area contributed by atoms with E-state index in [9.17, 15) is 4.79 Å². The Morgan fingerprint density at radius 2 is 2.36 bits per heavy atom. The fourth-order valence-electron chi connectivity index (χ4n) is 0.952. The van der Waals surface area contributed by atoms with Crippen LogP contribution in [-0.2, 0) is 0 Å². The van der Waals surface area contributed by atoms with Gasteiger partial charge in [-0.1, -0.05) is 4.49 Å². The molecular weight excluding hydrogens is 218 g/mol.